The highest BCUT2D eigenvalue weighted by molar-refractivity contribution is 5.79. The maximum atomic E-state index is 12.5. The van der Waals surface area contributed by atoms with E-state index in [1.165, 1.54) is 57.8 Å². The van der Waals surface area contributed by atoms with E-state index in [9.17, 15) is 4.79 Å². The monoisotopic (exact) mass is 289 g/mol. The first-order valence-electron chi connectivity index (χ1n) is 9.49. The van der Waals surface area contributed by atoms with Gasteiger partial charge in [-0.05, 0) is 81.0 Å². The first-order valence-corrected chi connectivity index (χ1v) is 9.49. The third-order valence-corrected chi connectivity index (χ3v) is 7.19. The Morgan fingerprint density at radius 1 is 1.10 bits per heavy atom. The van der Waals surface area contributed by atoms with Gasteiger partial charge in [0.15, 0.2) is 0 Å². The van der Waals surface area contributed by atoms with Gasteiger partial charge < -0.3 is 5.32 Å². The lowest BCUT2D eigenvalue weighted by molar-refractivity contribution is -0.132. The van der Waals surface area contributed by atoms with Crippen molar-refractivity contribution in [2.75, 3.05) is 0 Å². The van der Waals surface area contributed by atoms with E-state index in [2.05, 4.69) is 12.2 Å². The summed E-state index contributed by atoms with van der Waals surface area (Å²) in [5.74, 6) is 3.68. The quantitative estimate of drug-likeness (QED) is 0.804. The number of amides is 1. The van der Waals surface area contributed by atoms with Crippen LogP contribution in [0, 0.1) is 29.1 Å². The topological polar surface area (TPSA) is 29.1 Å². The average Bonchev–Trinajstić information content (AvgIpc) is 2.34. The number of carbonyl (C=O) groups is 1. The highest BCUT2D eigenvalue weighted by Crippen LogP contribution is 2.61. The number of rotatable bonds is 5. The van der Waals surface area contributed by atoms with Crippen LogP contribution < -0.4 is 5.32 Å². The summed E-state index contributed by atoms with van der Waals surface area (Å²) in [6, 6.07) is 0.476. The molecule has 5 aliphatic rings. The Balaban J connectivity index is 1.51. The van der Waals surface area contributed by atoms with Crippen LogP contribution in [-0.2, 0) is 4.79 Å². The fourth-order valence-corrected chi connectivity index (χ4v) is 6.38. The summed E-state index contributed by atoms with van der Waals surface area (Å²) in [5, 5.41) is 3.54. The Morgan fingerprint density at radius 3 is 2.10 bits per heavy atom. The lowest BCUT2D eigenvalue weighted by Crippen LogP contribution is -2.57. The van der Waals surface area contributed by atoms with Gasteiger partial charge in [-0.2, -0.15) is 0 Å². The maximum Gasteiger partial charge on any atom is 0.223 e. The zero-order chi connectivity index (χ0) is 14.4. The van der Waals surface area contributed by atoms with Gasteiger partial charge in [0.1, 0.15) is 0 Å². The molecule has 1 unspecified atom stereocenters. The van der Waals surface area contributed by atoms with Crippen molar-refractivity contribution in [3.63, 3.8) is 0 Å². The van der Waals surface area contributed by atoms with Crippen molar-refractivity contribution in [1.29, 1.82) is 0 Å². The molecule has 21 heavy (non-hydrogen) atoms. The third kappa shape index (κ3) is 2.43. The van der Waals surface area contributed by atoms with Gasteiger partial charge in [0.2, 0.25) is 5.91 Å². The van der Waals surface area contributed by atoms with Crippen LogP contribution in [0.3, 0.4) is 0 Å². The maximum absolute atomic E-state index is 12.5. The van der Waals surface area contributed by atoms with Crippen molar-refractivity contribution in [2.45, 2.75) is 83.6 Å². The smallest absolute Gasteiger partial charge is 0.223 e. The van der Waals surface area contributed by atoms with Crippen molar-refractivity contribution in [2.24, 2.45) is 29.1 Å². The van der Waals surface area contributed by atoms with Gasteiger partial charge in [0.05, 0.1) is 0 Å². The van der Waals surface area contributed by atoms with Crippen LogP contribution in [0.15, 0.2) is 0 Å². The predicted molar refractivity (Wildman–Crippen MR) is 84.8 cm³/mol. The van der Waals surface area contributed by atoms with Gasteiger partial charge in [-0.3, -0.25) is 4.79 Å². The second kappa shape index (κ2) is 5.28. The van der Waals surface area contributed by atoms with E-state index >= 15 is 0 Å². The Kier molecular flexibility index (Phi) is 3.54. The van der Waals surface area contributed by atoms with Crippen molar-refractivity contribution in [3.05, 3.63) is 0 Å². The molecule has 1 atom stereocenters. The molecule has 5 fully saturated rings. The van der Waals surface area contributed by atoms with Crippen LogP contribution in [0.1, 0.15) is 77.6 Å². The lowest BCUT2D eigenvalue weighted by Gasteiger charge is -2.59. The Bertz CT molecular complexity index is 377. The molecule has 0 aromatic rings. The largest absolute Gasteiger partial charge is 0.353 e. The molecule has 5 aliphatic carbocycles. The second-order valence-electron chi connectivity index (χ2n) is 8.76. The van der Waals surface area contributed by atoms with Crippen LogP contribution in [0.2, 0.25) is 0 Å². The normalized spacial score (nSPS) is 42.6. The Hall–Kier alpha value is -0.530. The third-order valence-electron chi connectivity index (χ3n) is 7.19. The molecule has 0 aromatic carbocycles. The second-order valence-corrected chi connectivity index (χ2v) is 8.76. The average molecular weight is 289 g/mol. The number of nitrogens with one attached hydrogen (secondary N) is 1. The minimum absolute atomic E-state index is 0.346. The standard InChI is InChI=1S/C19H31NO/c1-2-4-17(20-18(21)16-5-3-6-16)19-10-13-7-14(11-19)9-15(8-13)12-19/h13-17H,2-12H2,1H3,(H,20,21). The van der Waals surface area contributed by atoms with Crippen molar-refractivity contribution in [3.8, 4) is 0 Å². The minimum Gasteiger partial charge on any atom is -0.353 e. The van der Waals surface area contributed by atoms with E-state index in [0.29, 0.717) is 23.3 Å². The van der Waals surface area contributed by atoms with Gasteiger partial charge in [-0.15, -0.1) is 0 Å². The molecule has 0 spiro atoms. The molecule has 5 saturated carbocycles. The van der Waals surface area contributed by atoms with Crippen molar-refractivity contribution < 1.29 is 4.79 Å². The Morgan fingerprint density at radius 2 is 1.67 bits per heavy atom. The van der Waals surface area contributed by atoms with E-state index < -0.39 is 0 Å². The highest BCUT2D eigenvalue weighted by atomic mass is 16.2. The molecule has 0 saturated heterocycles. The van der Waals surface area contributed by atoms with Gasteiger partial charge >= 0.3 is 0 Å². The molecule has 0 heterocycles. The van der Waals surface area contributed by atoms with E-state index in [-0.39, 0.29) is 0 Å². The molecule has 0 aliphatic heterocycles. The fraction of sp³-hybridized carbons (Fsp3) is 0.947. The molecule has 0 aromatic heterocycles. The van der Waals surface area contributed by atoms with Crippen LogP contribution in [0.25, 0.3) is 0 Å². The molecule has 0 radical (unpaired) electrons. The SMILES string of the molecule is CCCC(NC(=O)C1CCC1)C12CC3CC(CC(C3)C1)C2. The molecule has 5 rings (SSSR count). The molecule has 2 heteroatoms. The summed E-state index contributed by atoms with van der Waals surface area (Å²) in [7, 11) is 0. The summed E-state index contributed by atoms with van der Waals surface area (Å²) >= 11 is 0. The summed E-state index contributed by atoms with van der Waals surface area (Å²) in [5.41, 5.74) is 0.476. The first kappa shape index (κ1) is 14.1. The molecule has 118 valence electrons. The summed E-state index contributed by atoms with van der Waals surface area (Å²) in [6.07, 6.45) is 14.6. The number of hydrogen-bond acceptors (Lipinski definition) is 1. The molecular formula is C19H31NO. The van der Waals surface area contributed by atoms with Gasteiger partial charge in [0, 0.05) is 12.0 Å². The fourth-order valence-electron chi connectivity index (χ4n) is 6.38. The summed E-state index contributed by atoms with van der Waals surface area (Å²) < 4.78 is 0. The molecule has 1 amide bonds. The summed E-state index contributed by atoms with van der Waals surface area (Å²) in [6.45, 7) is 2.28. The van der Waals surface area contributed by atoms with Crippen LogP contribution >= 0.6 is 0 Å². The van der Waals surface area contributed by atoms with E-state index in [1.807, 2.05) is 0 Å². The van der Waals surface area contributed by atoms with Gasteiger partial charge in [-0.25, -0.2) is 0 Å². The van der Waals surface area contributed by atoms with Gasteiger partial charge in [-0.1, -0.05) is 19.8 Å². The van der Waals surface area contributed by atoms with Crippen LogP contribution in [0.4, 0.5) is 0 Å². The predicted octanol–water partition coefficient (Wildman–Crippen LogP) is 4.29. The molecule has 4 bridgehead atoms. The van der Waals surface area contributed by atoms with Gasteiger partial charge in [0.25, 0.3) is 0 Å². The van der Waals surface area contributed by atoms with Crippen molar-refractivity contribution in [1.82, 2.24) is 5.32 Å². The Labute approximate surface area is 129 Å². The zero-order valence-electron chi connectivity index (χ0n) is 13.6. The lowest BCUT2D eigenvalue weighted by atomic mass is 9.47. The van der Waals surface area contributed by atoms with Crippen LogP contribution in [0.5, 0.6) is 0 Å². The molecular weight excluding hydrogens is 258 g/mol. The molecule has 2 nitrogen and oxygen atoms in total. The highest BCUT2D eigenvalue weighted by Gasteiger charge is 2.54. The molecule has 1 N–H and O–H groups in total. The van der Waals surface area contributed by atoms with E-state index in [0.717, 1.165) is 30.6 Å². The zero-order valence-corrected chi connectivity index (χ0v) is 13.6. The van der Waals surface area contributed by atoms with E-state index in [1.54, 1.807) is 0 Å². The summed E-state index contributed by atoms with van der Waals surface area (Å²) in [4.78, 5) is 12.5. The first-order chi connectivity index (χ1) is 10.2. The number of hydrogen-bond donors (Lipinski definition) is 1. The van der Waals surface area contributed by atoms with Crippen LogP contribution in [-0.4, -0.2) is 11.9 Å². The van der Waals surface area contributed by atoms with E-state index in [4.69, 9.17) is 0 Å². The number of carbonyl (C=O) groups excluding carboxylic acids is 1. The minimum atomic E-state index is 0.346. The van der Waals surface area contributed by atoms with Crippen molar-refractivity contribution >= 4 is 5.91 Å².